The molecule has 2 aromatic rings. The number of methoxy groups -OCH3 is 1. The molecule has 1 heterocycles. The fraction of sp³-hybridized carbons (Fsp3) is 0.214. The lowest BCUT2D eigenvalue weighted by Gasteiger charge is -2.04. The van der Waals surface area contributed by atoms with Crippen LogP contribution in [0.1, 0.15) is 16.8 Å². The molecule has 1 aromatic heterocycles. The Morgan fingerprint density at radius 3 is 2.29 bits per heavy atom. The Labute approximate surface area is 101 Å². The highest BCUT2D eigenvalue weighted by Gasteiger charge is 1.98. The summed E-state index contributed by atoms with van der Waals surface area (Å²) in [6.45, 7) is -0.0111. The minimum Gasteiger partial charge on any atom is -0.497 e. The van der Waals surface area contributed by atoms with Crippen LogP contribution in [0.3, 0.4) is 0 Å². The van der Waals surface area contributed by atoms with Crippen molar-refractivity contribution >= 4 is 0 Å². The van der Waals surface area contributed by atoms with Gasteiger partial charge in [-0.05, 0) is 35.7 Å². The van der Waals surface area contributed by atoms with E-state index in [1.165, 1.54) is 5.56 Å². The third kappa shape index (κ3) is 3.04. The standard InChI is InChI=1S/C14H15NO2/c1-17-14-6-3-11(4-7-14)8-12-2-5-13(10-16)15-9-12/h2-7,9,16H,8,10H2,1H3. The van der Waals surface area contributed by atoms with Gasteiger partial charge in [-0.25, -0.2) is 0 Å². The lowest BCUT2D eigenvalue weighted by atomic mass is 10.1. The number of aliphatic hydroxyl groups excluding tert-OH is 1. The van der Waals surface area contributed by atoms with Crippen LogP contribution in [0.15, 0.2) is 42.6 Å². The molecule has 0 aliphatic heterocycles. The molecular formula is C14H15NO2. The van der Waals surface area contributed by atoms with Crippen molar-refractivity contribution in [1.29, 1.82) is 0 Å². The molecule has 2 rings (SSSR count). The van der Waals surface area contributed by atoms with E-state index >= 15 is 0 Å². The van der Waals surface area contributed by atoms with Crippen LogP contribution in [-0.4, -0.2) is 17.2 Å². The van der Waals surface area contributed by atoms with Crippen molar-refractivity contribution in [1.82, 2.24) is 4.98 Å². The van der Waals surface area contributed by atoms with Gasteiger partial charge in [-0.15, -0.1) is 0 Å². The van der Waals surface area contributed by atoms with Crippen molar-refractivity contribution < 1.29 is 9.84 Å². The number of aliphatic hydroxyl groups is 1. The molecule has 17 heavy (non-hydrogen) atoms. The third-order valence-electron chi connectivity index (χ3n) is 2.62. The summed E-state index contributed by atoms with van der Waals surface area (Å²) in [4.78, 5) is 4.15. The van der Waals surface area contributed by atoms with E-state index in [4.69, 9.17) is 9.84 Å². The number of hydrogen-bond donors (Lipinski definition) is 1. The van der Waals surface area contributed by atoms with Crippen molar-refractivity contribution in [2.75, 3.05) is 7.11 Å². The predicted molar refractivity (Wildman–Crippen MR) is 66.0 cm³/mol. The fourth-order valence-corrected chi connectivity index (χ4v) is 1.63. The molecule has 0 saturated carbocycles. The third-order valence-corrected chi connectivity index (χ3v) is 2.62. The topological polar surface area (TPSA) is 42.4 Å². The summed E-state index contributed by atoms with van der Waals surface area (Å²) in [5.74, 6) is 0.863. The number of rotatable bonds is 4. The zero-order valence-electron chi connectivity index (χ0n) is 9.76. The molecule has 1 aromatic carbocycles. The van der Waals surface area contributed by atoms with E-state index in [-0.39, 0.29) is 6.61 Å². The summed E-state index contributed by atoms with van der Waals surface area (Å²) in [5, 5.41) is 8.90. The van der Waals surface area contributed by atoms with Crippen LogP contribution in [0, 0.1) is 0 Å². The molecule has 0 unspecified atom stereocenters. The zero-order valence-corrected chi connectivity index (χ0v) is 9.76. The highest BCUT2D eigenvalue weighted by Crippen LogP contribution is 2.14. The maximum atomic E-state index is 8.90. The Hall–Kier alpha value is -1.87. The highest BCUT2D eigenvalue weighted by molar-refractivity contribution is 5.30. The minimum atomic E-state index is -0.0111. The van der Waals surface area contributed by atoms with Gasteiger partial charge in [-0.2, -0.15) is 0 Å². The average molecular weight is 229 g/mol. The van der Waals surface area contributed by atoms with Crippen molar-refractivity contribution in [2.24, 2.45) is 0 Å². The van der Waals surface area contributed by atoms with Crippen molar-refractivity contribution in [3.05, 3.63) is 59.4 Å². The largest absolute Gasteiger partial charge is 0.497 e. The van der Waals surface area contributed by atoms with E-state index in [0.717, 1.165) is 17.7 Å². The molecule has 0 saturated heterocycles. The van der Waals surface area contributed by atoms with Gasteiger partial charge in [0.05, 0.1) is 19.4 Å². The maximum Gasteiger partial charge on any atom is 0.118 e. The van der Waals surface area contributed by atoms with Crippen LogP contribution in [0.25, 0.3) is 0 Å². The molecule has 1 N–H and O–H groups in total. The molecular weight excluding hydrogens is 214 g/mol. The van der Waals surface area contributed by atoms with Crippen LogP contribution in [-0.2, 0) is 13.0 Å². The maximum absolute atomic E-state index is 8.90. The summed E-state index contributed by atoms with van der Waals surface area (Å²) < 4.78 is 5.11. The summed E-state index contributed by atoms with van der Waals surface area (Å²) >= 11 is 0. The van der Waals surface area contributed by atoms with Gasteiger partial charge in [0, 0.05) is 6.20 Å². The van der Waals surface area contributed by atoms with Crippen molar-refractivity contribution in [2.45, 2.75) is 13.0 Å². The summed E-state index contributed by atoms with van der Waals surface area (Å²) in [7, 11) is 1.66. The normalized spacial score (nSPS) is 10.2. The van der Waals surface area contributed by atoms with Gasteiger partial charge in [0.25, 0.3) is 0 Å². The predicted octanol–water partition coefficient (Wildman–Crippen LogP) is 2.17. The quantitative estimate of drug-likeness (QED) is 0.873. The summed E-state index contributed by atoms with van der Waals surface area (Å²) in [6.07, 6.45) is 2.64. The lowest BCUT2D eigenvalue weighted by molar-refractivity contribution is 0.277. The zero-order chi connectivity index (χ0) is 12.1. The van der Waals surface area contributed by atoms with Crippen LogP contribution in [0.2, 0.25) is 0 Å². The van der Waals surface area contributed by atoms with E-state index in [0.29, 0.717) is 5.69 Å². The first kappa shape index (κ1) is 11.6. The first-order chi connectivity index (χ1) is 8.31. The van der Waals surface area contributed by atoms with Gasteiger partial charge in [0.15, 0.2) is 0 Å². The fourth-order valence-electron chi connectivity index (χ4n) is 1.63. The van der Waals surface area contributed by atoms with Crippen molar-refractivity contribution in [3.63, 3.8) is 0 Å². The second-order valence-electron chi connectivity index (χ2n) is 3.84. The Balaban J connectivity index is 2.08. The van der Waals surface area contributed by atoms with Crippen molar-refractivity contribution in [3.8, 4) is 5.75 Å². The Morgan fingerprint density at radius 1 is 1.06 bits per heavy atom. The Bertz CT molecular complexity index is 417. The second-order valence-corrected chi connectivity index (χ2v) is 3.84. The lowest BCUT2D eigenvalue weighted by Crippen LogP contribution is -1.93. The highest BCUT2D eigenvalue weighted by atomic mass is 16.5. The number of ether oxygens (including phenoxy) is 1. The number of hydrogen-bond acceptors (Lipinski definition) is 3. The second kappa shape index (κ2) is 5.46. The number of nitrogens with zero attached hydrogens (tertiary/aromatic N) is 1. The molecule has 3 nitrogen and oxygen atoms in total. The molecule has 0 spiro atoms. The molecule has 88 valence electrons. The first-order valence-corrected chi connectivity index (χ1v) is 5.49. The van der Waals surface area contributed by atoms with Crippen LogP contribution < -0.4 is 4.74 Å². The monoisotopic (exact) mass is 229 g/mol. The first-order valence-electron chi connectivity index (χ1n) is 5.49. The smallest absolute Gasteiger partial charge is 0.118 e. The van der Waals surface area contributed by atoms with E-state index in [1.807, 2.05) is 36.4 Å². The van der Waals surface area contributed by atoms with Gasteiger partial charge < -0.3 is 9.84 Å². The Kier molecular flexibility index (Phi) is 3.73. The van der Waals surface area contributed by atoms with E-state index in [9.17, 15) is 0 Å². The van der Waals surface area contributed by atoms with Crippen LogP contribution in [0.4, 0.5) is 0 Å². The molecule has 0 fully saturated rings. The minimum absolute atomic E-state index is 0.0111. The summed E-state index contributed by atoms with van der Waals surface area (Å²) in [6, 6.07) is 11.8. The molecule has 0 amide bonds. The SMILES string of the molecule is COc1ccc(Cc2ccc(CO)nc2)cc1. The van der Waals surface area contributed by atoms with E-state index in [2.05, 4.69) is 4.98 Å². The molecule has 0 bridgehead atoms. The van der Waals surface area contributed by atoms with E-state index < -0.39 is 0 Å². The molecule has 0 aliphatic carbocycles. The van der Waals surface area contributed by atoms with E-state index in [1.54, 1.807) is 13.3 Å². The molecule has 0 radical (unpaired) electrons. The van der Waals surface area contributed by atoms with Crippen LogP contribution in [0.5, 0.6) is 5.75 Å². The molecule has 0 aliphatic rings. The average Bonchev–Trinajstić information content (AvgIpc) is 2.40. The van der Waals surface area contributed by atoms with Gasteiger partial charge in [-0.3, -0.25) is 4.98 Å². The molecule has 3 heteroatoms. The van der Waals surface area contributed by atoms with Gasteiger partial charge >= 0.3 is 0 Å². The Morgan fingerprint density at radius 2 is 1.76 bits per heavy atom. The van der Waals surface area contributed by atoms with Gasteiger partial charge in [0.2, 0.25) is 0 Å². The number of benzene rings is 1. The summed E-state index contributed by atoms with van der Waals surface area (Å²) in [5.41, 5.74) is 3.04. The number of pyridine rings is 1. The van der Waals surface area contributed by atoms with Gasteiger partial charge in [0.1, 0.15) is 5.75 Å². The van der Waals surface area contributed by atoms with Crippen LogP contribution >= 0.6 is 0 Å². The van der Waals surface area contributed by atoms with Gasteiger partial charge in [-0.1, -0.05) is 18.2 Å². The molecule has 0 atom stereocenters. The number of aromatic nitrogens is 1.